The van der Waals surface area contributed by atoms with Gasteiger partial charge in [-0.3, -0.25) is 0 Å². The quantitative estimate of drug-likeness (QED) is 0.501. The van der Waals surface area contributed by atoms with Gasteiger partial charge in [0.15, 0.2) is 0 Å². The average molecular weight is 291 g/mol. The van der Waals surface area contributed by atoms with Crippen molar-refractivity contribution in [3.8, 4) is 0 Å². The standard InChI is InChI=1S/C17H25NO3/c19-14-8-3-7-13-18-17(20)21-15-9-2-6-12-16-10-4-1-5-11-16/h1,4-5,10-11,14H,2-3,6-9,12-13,15H2,(H,18,20). The van der Waals surface area contributed by atoms with Crippen molar-refractivity contribution in [3.63, 3.8) is 0 Å². The lowest BCUT2D eigenvalue weighted by Crippen LogP contribution is -2.25. The highest BCUT2D eigenvalue weighted by Crippen LogP contribution is 2.06. The van der Waals surface area contributed by atoms with E-state index in [-0.39, 0.29) is 6.09 Å². The van der Waals surface area contributed by atoms with Crippen molar-refractivity contribution in [2.45, 2.75) is 44.9 Å². The first-order valence-electron chi connectivity index (χ1n) is 7.71. The topological polar surface area (TPSA) is 55.4 Å². The molecule has 4 nitrogen and oxygen atoms in total. The summed E-state index contributed by atoms with van der Waals surface area (Å²) in [6, 6.07) is 10.4. The summed E-state index contributed by atoms with van der Waals surface area (Å²) in [7, 11) is 0. The normalized spacial score (nSPS) is 10.1. The predicted molar refractivity (Wildman–Crippen MR) is 83.3 cm³/mol. The molecular weight excluding hydrogens is 266 g/mol. The summed E-state index contributed by atoms with van der Waals surface area (Å²) >= 11 is 0. The molecule has 0 saturated heterocycles. The number of hydrogen-bond acceptors (Lipinski definition) is 3. The summed E-state index contributed by atoms with van der Waals surface area (Å²) in [4.78, 5) is 21.4. The van der Waals surface area contributed by atoms with Crippen LogP contribution in [0.25, 0.3) is 0 Å². The molecule has 0 aliphatic carbocycles. The van der Waals surface area contributed by atoms with Crippen LogP contribution in [0.4, 0.5) is 4.79 Å². The molecule has 0 aliphatic heterocycles. The molecule has 1 aromatic rings. The number of benzene rings is 1. The molecule has 1 rings (SSSR count). The van der Waals surface area contributed by atoms with Gasteiger partial charge >= 0.3 is 6.09 Å². The summed E-state index contributed by atoms with van der Waals surface area (Å²) < 4.78 is 5.08. The maximum absolute atomic E-state index is 11.3. The van der Waals surface area contributed by atoms with Gasteiger partial charge in [-0.15, -0.1) is 0 Å². The van der Waals surface area contributed by atoms with E-state index in [0.717, 1.165) is 44.8 Å². The van der Waals surface area contributed by atoms with Crippen LogP contribution in [0.2, 0.25) is 0 Å². The Morgan fingerprint density at radius 3 is 2.62 bits per heavy atom. The highest BCUT2D eigenvalue weighted by molar-refractivity contribution is 5.66. The number of nitrogens with one attached hydrogen (secondary N) is 1. The zero-order valence-corrected chi connectivity index (χ0v) is 12.6. The fraction of sp³-hybridized carbons (Fsp3) is 0.529. The van der Waals surface area contributed by atoms with E-state index in [0.29, 0.717) is 19.6 Å². The molecule has 0 atom stereocenters. The second-order valence-corrected chi connectivity index (χ2v) is 5.02. The molecule has 0 bridgehead atoms. The number of ether oxygens (including phenoxy) is 1. The molecule has 0 radical (unpaired) electrons. The first-order valence-corrected chi connectivity index (χ1v) is 7.71. The van der Waals surface area contributed by atoms with Gasteiger partial charge in [-0.1, -0.05) is 30.3 Å². The van der Waals surface area contributed by atoms with E-state index in [1.165, 1.54) is 5.56 Å². The molecule has 21 heavy (non-hydrogen) atoms. The second-order valence-electron chi connectivity index (χ2n) is 5.02. The zero-order chi connectivity index (χ0) is 15.2. The highest BCUT2D eigenvalue weighted by Gasteiger charge is 2.00. The Labute approximate surface area is 126 Å². The molecule has 0 spiro atoms. The largest absolute Gasteiger partial charge is 0.450 e. The maximum atomic E-state index is 11.3. The van der Waals surface area contributed by atoms with Crippen molar-refractivity contribution in [3.05, 3.63) is 35.9 Å². The molecule has 1 N–H and O–H groups in total. The first kappa shape index (κ1) is 17.2. The molecule has 0 aliphatic rings. The van der Waals surface area contributed by atoms with Crippen molar-refractivity contribution >= 4 is 12.4 Å². The summed E-state index contributed by atoms with van der Waals surface area (Å²) in [5.74, 6) is 0. The Balaban J connectivity index is 1.89. The summed E-state index contributed by atoms with van der Waals surface area (Å²) in [5, 5.41) is 2.68. The van der Waals surface area contributed by atoms with Gasteiger partial charge in [0.05, 0.1) is 6.61 Å². The Hall–Kier alpha value is -1.84. The first-order chi connectivity index (χ1) is 10.3. The van der Waals surface area contributed by atoms with Crippen molar-refractivity contribution in [2.75, 3.05) is 13.2 Å². The fourth-order valence-corrected chi connectivity index (χ4v) is 2.01. The van der Waals surface area contributed by atoms with Gasteiger partial charge in [0.25, 0.3) is 0 Å². The monoisotopic (exact) mass is 291 g/mol. The molecular formula is C17H25NO3. The van der Waals surface area contributed by atoms with E-state index in [1.807, 2.05) is 6.07 Å². The third-order valence-electron chi connectivity index (χ3n) is 3.20. The number of carbonyl (C=O) groups excluding carboxylic acids is 2. The predicted octanol–water partition coefficient (Wildman–Crippen LogP) is 3.49. The van der Waals surface area contributed by atoms with E-state index >= 15 is 0 Å². The molecule has 0 unspecified atom stereocenters. The smallest absolute Gasteiger partial charge is 0.407 e. The molecule has 0 saturated carbocycles. The van der Waals surface area contributed by atoms with Crippen LogP contribution in [0.5, 0.6) is 0 Å². The summed E-state index contributed by atoms with van der Waals surface area (Å²) in [6.07, 6.45) is 6.85. The van der Waals surface area contributed by atoms with Gasteiger partial charge in [-0.25, -0.2) is 4.79 Å². The minimum atomic E-state index is -0.357. The minimum absolute atomic E-state index is 0.357. The van der Waals surface area contributed by atoms with Crippen molar-refractivity contribution in [1.29, 1.82) is 0 Å². The molecule has 1 amide bonds. The van der Waals surface area contributed by atoms with Gasteiger partial charge in [0.1, 0.15) is 6.29 Å². The zero-order valence-electron chi connectivity index (χ0n) is 12.6. The van der Waals surface area contributed by atoms with Gasteiger partial charge in [-0.05, 0) is 44.1 Å². The number of amides is 1. The molecule has 0 fully saturated rings. The maximum Gasteiger partial charge on any atom is 0.407 e. The number of unbranched alkanes of at least 4 members (excludes halogenated alkanes) is 4. The van der Waals surface area contributed by atoms with E-state index in [9.17, 15) is 9.59 Å². The van der Waals surface area contributed by atoms with Gasteiger partial charge in [0, 0.05) is 13.0 Å². The number of alkyl carbamates (subject to hydrolysis) is 1. The van der Waals surface area contributed by atoms with Crippen LogP contribution in [-0.2, 0) is 16.0 Å². The lowest BCUT2D eigenvalue weighted by atomic mass is 10.1. The molecule has 0 aromatic heterocycles. The van der Waals surface area contributed by atoms with E-state index in [2.05, 4.69) is 29.6 Å². The molecule has 1 aromatic carbocycles. The van der Waals surface area contributed by atoms with Gasteiger partial charge < -0.3 is 14.8 Å². The van der Waals surface area contributed by atoms with E-state index in [1.54, 1.807) is 0 Å². The third kappa shape index (κ3) is 9.66. The number of carbonyl (C=O) groups is 2. The van der Waals surface area contributed by atoms with Crippen LogP contribution in [0.15, 0.2) is 30.3 Å². The van der Waals surface area contributed by atoms with Crippen LogP contribution in [-0.4, -0.2) is 25.5 Å². The Kier molecular flexibility index (Phi) is 9.79. The van der Waals surface area contributed by atoms with Crippen molar-refractivity contribution in [2.24, 2.45) is 0 Å². The number of aryl methyl sites for hydroxylation is 1. The van der Waals surface area contributed by atoms with Gasteiger partial charge in [0.2, 0.25) is 0 Å². The van der Waals surface area contributed by atoms with Crippen LogP contribution in [0.1, 0.15) is 44.1 Å². The van der Waals surface area contributed by atoms with Crippen LogP contribution < -0.4 is 5.32 Å². The third-order valence-corrected chi connectivity index (χ3v) is 3.20. The minimum Gasteiger partial charge on any atom is -0.450 e. The van der Waals surface area contributed by atoms with E-state index in [4.69, 9.17) is 4.74 Å². The van der Waals surface area contributed by atoms with Gasteiger partial charge in [-0.2, -0.15) is 0 Å². The summed E-state index contributed by atoms with van der Waals surface area (Å²) in [5.41, 5.74) is 1.35. The fourth-order valence-electron chi connectivity index (χ4n) is 2.01. The summed E-state index contributed by atoms with van der Waals surface area (Å²) in [6.45, 7) is 1.04. The second kappa shape index (κ2) is 11.9. The number of rotatable bonds is 11. The lowest BCUT2D eigenvalue weighted by Gasteiger charge is -2.06. The average Bonchev–Trinajstić information content (AvgIpc) is 2.51. The molecule has 0 heterocycles. The Morgan fingerprint density at radius 2 is 1.86 bits per heavy atom. The van der Waals surface area contributed by atoms with Crippen LogP contribution >= 0.6 is 0 Å². The Morgan fingerprint density at radius 1 is 1.05 bits per heavy atom. The van der Waals surface area contributed by atoms with Crippen molar-refractivity contribution in [1.82, 2.24) is 5.32 Å². The van der Waals surface area contributed by atoms with Crippen LogP contribution in [0, 0.1) is 0 Å². The SMILES string of the molecule is O=CCCCCNC(=O)OCCCCCc1ccccc1. The number of aldehydes is 1. The van der Waals surface area contributed by atoms with Crippen molar-refractivity contribution < 1.29 is 14.3 Å². The van der Waals surface area contributed by atoms with E-state index < -0.39 is 0 Å². The lowest BCUT2D eigenvalue weighted by molar-refractivity contribution is -0.107. The Bertz CT molecular complexity index is 392. The highest BCUT2D eigenvalue weighted by atomic mass is 16.5. The number of hydrogen-bond donors (Lipinski definition) is 1. The molecule has 4 heteroatoms. The van der Waals surface area contributed by atoms with Crippen LogP contribution in [0.3, 0.4) is 0 Å². The molecule has 116 valence electrons.